The van der Waals surface area contributed by atoms with Crippen LogP contribution in [0.3, 0.4) is 0 Å². The molecule has 0 aromatic heterocycles. The number of allylic oxidation sites excluding steroid dienone is 3. The van der Waals surface area contributed by atoms with Crippen molar-refractivity contribution in [2.45, 2.75) is 64.4 Å². The molecule has 0 aromatic carbocycles. The predicted molar refractivity (Wildman–Crippen MR) is 93.8 cm³/mol. The Labute approximate surface area is 149 Å². The van der Waals surface area contributed by atoms with E-state index in [1.807, 2.05) is 6.08 Å². The van der Waals surface area contributed by atoms with E-state index in [1.165, 1.54) is 5.57 Å². The lowest BCUT2D eigenvalue weighted by Crippen LogP contribution is -2.52. The summed E-state index contributed by atoms with van der Waals surface area (Å²) in [6.45, 7) is 4.35. The number of aliphatic hydroxyl groups is 1. The third-order valence-corrected chi connectivity index (χ3v) is 7.90. The minimum atomic E-state index is -1.16. The van der Waals surface area contributed by atoms with Gasteiger partial charge in [0.05, 0.1) is 12.0 Å². The second-order valence-corrected chi connectivity index (χ2v) is 9.32. The molecule has 0 spiro atoms. The van der Waals surface area contributed by atoms with Crippen LogP contribution < -0.4 is 0 Å². The molecule has 0 saturated heterocycles. The van der Waals surface area contributed by atoms with E-state index in [4.69, 9.17) is 0 Å². The zero-order valence-corrected chi connectivity index (χ0v) is 15.1. The fourth-order valence-corrected chi connectivity index (χ4v) is 6.60. The van der Waals surface area contributed by atoms with Gasteiger partial charge in [-0.25, -0.2) is 0 Å². The number of carbonyl (C=O) groups is 2. The van der Waals surface area contributed by atoms with Crippen LogP contribution in [0.4, 0.5) is 0 Å². The number of ketones is 1. The molecule has 136 valence electrons. The highest BCUT2D eigenvalue weighted by molar-refractivity contribution is 5.87. The first-order valence-electron chi connectivity index (χ1n) is 9.54. The van der Waals surface area contributed by atoms with Crippen molar-refractivity contribution in [1.29, 1.82) is 0 Å². The quantitative estimate of drug-likeness (QED) is 0.804. The average molecular weight is 344 g/mol. The molecule has 0 aromatic rings. The molecule has 4 aliphatic carbocycles. The maximum Gasteiger partial charge on any atom is 0.306 e. The third-order valence-electron chi connectivity index (χ3n) is 7.90. The molecular formula is C21H28O4. The molecule has 0 amide bonds. The van der Waals surface area contributed by atoms with Crippen LogP contribution in [0.1, 0.15) is 58.8 Å². The van der Waals surface area contributed by atoms with Crippen molar-refractivity contribution in [2.75, 3.05) is 0 Å². The molecule has 4 nitrogen and oxygen atoms in total. The van der Waals surface area contributed by atoms with Gasteiger partial charge >= 0.3 is 5.97 Å². The summed E-state index contributed by atoms with van der Waals surface area (Å²) in [5, 5.41) is 20.1. The molecule has 0 heterocycles. The number of rotatable bonds is 2. The van der Waals surface area contributed by atoms with Crippen LogP contribution in [-0.4, -0.2) is 27.6 Å². The van der Waals surface area contributed by atoms with Crippen molar-refractivity contribution in [2.24, 2.45) is 28.6 Å². The first-order chi connectivity index (χ1) is 11.7. The van der Waals surface area contributed by atoms with Gasteiger partial charge < -0.3 is 10.2 Å². The molecule has 0 bridgehead atoms. The van der Waals surface area contributed by atoms with E-state index < -0.39 is 11.6 Å². The number of carboxylic acid groups (broad SMARTS) is 1. The summed E-state index contributed by atoms with van der Waals surface area (Å²) in [7, 11) is 0. The van der Waals surface area contributed by atoms with Gasteiger partial charge in [0.15, 0.2) is 0 Å². The molecule has 2 fully saturated rings. The Morgan fingerprint density at radius 1 is 1.24 bits per heavy atom. The zero-order valence-electron chi connectivity index (χ0n) is 15.1. The van der Waals surface area contributed by atoms with Crippen LogP contribution in [-0.2, 0) is 9.59 Å². The molecule has 4 heteroatoms. The minimum absolute atomic E-state index is 0.185. The second-order valence-electron chi connectivity index (χ2n) is 9.32. The summed E-state index contributed by atoms with van der Waals surface area (Å²) >= 11 is 0. The van der Waals surface area contributed by atoms with Gasteiger partial charge in [-0.2, -0.15) is 0 Å². The summed E-state index contributed by atoms with van der Waals surface area (Å²) in [5.41, 5.74) is -0.299. The van der Waals surface area contributed by atoms with Gasteiger partial charge in [-0.15, -0.1) is 0 Å². The lowest BCUT2D eigenvalue weighted by Gasteiger charge is -2.56. The molecule has 4 aliphatic rings. The number of hydrogen-bond donors (Lipinski definition) is 2. The Balaban J connectivity index is 1.70. The average Bonchev–Trinajstić information content (AvgIpc) is 2.81. The largest absolute Gasteiger partial charge is 0.481 e. The van der Waals surface area contributed by atoms with E-state index in [-0.39, 0.29) is 17.3 Å². The third kappa shape index (κ3) is 2.37. The van der Waals surface area contributed by atoms with Crippen molar-refractivity contribution < 1.29 is 19.8 Å². The van der Waals surface area contributed by atoms with Gasteiger partial charge in [-0.3, -0.25) is 9.59 Å². The van der Waals surface area contributed by atoms with Gasteiger partial charge in [0.2, 0.25) is 0 Å². The van der Waals surface area contributed by atoms with Crippen molar-refractivity contribution in [3.63, 3.8) is 0 Å². The Morgan fingerprint density at radius 2 is 1.96 bits per heavy atom. The maximum absolute atomic E-state index is 12.5. The molecule has 25 heavy (non-hydrogen) atoms. The number of fused-ring (bicyclic) bond motifs is 5. The van der Waals surface area contributed by atoms with Crippen LogP contribution in [0.2, 0.25) is 0 Å². The molecule has 2 N–H and O–H groups in total. The van der Waals surface area contributed by atoms with Crippen molar-refractivity contribution in [1.82, 2.24) is 0 Å². The standard InChI is InChI=1S/C21H28O4/c1-19-9-8-16-14(15(19)5-6-17(19)22)4-3-13-7-10-21(25,11-18(23)24)12-20(13,16)2/h3-4,7,14-16,25H,5-6,8-12H2,1-2H3,(H,23,24)/t14-,15-,16+,19-,20-,21?/m0/s1. The summed E-state index contributed by atoms with van der Waals surface area (Å²) in [4.78, 5) is 23.7. The molecular weight excluding hydrogens is 316 g/mol. The van der Waals surface area contributed by atoms with Crippen LogP contribution in [0.15, 0.2) is 23.8 Å². The molecule has 2 saturated carbocycles. The summed E-state index contributed by atoms with van der Waals surface area (Å²) in [6, 6.07) is 0. The van der Waals surface area contributed by atoms with E-state index in [1.54, 1.807) is 0 Å². The van der Waals surface area contributed by atoms with E-state index >= 15 is 0 Å². The van der Waals surface area contributed by atoms with Crippen LogP contribution >= 0.6 is 0 Å². The van der Waals surface area contributed by atoms with Gasteiger partial charge in [0, 0.05) is 11.8 Å². The number of hydrogen-bond acceptors (Lipinski definition) is 3. The predicted octanol–water partition coefficient (Wildman–Crippen LogP) is 3.50. The van der Waals surface area contributed by atoms with Crippen molar-refractivity contribution >= 4 is 11.8 Å². The van der Waals surface area contributed by atoms with Gasteiger partial charge in [-0.05, 0) is 60.8 Å². The number of Topliss-reactive ketones (excluding diaryl/α,β-unsaturated/α-hetero) is 1. The monoisotopic (exact) mass is 344 g/mol. The minimum Gasteiger partial charge on any atom is -0.481 e. The normalized spacial score (nSPS) is 48.4. The van der Waals surface area contributed by atoms with E-state index in [2.05, 4.69) is 26.0 Å². The number of aliphatic carboxylic acids is 1. The van der Waals surface area contributed by atoms with E-state index in [9.17, 15) is 19.8 Å². The van der Waals surface area contributed by atoms with Gasteiger partial charge in [-0.1, -0.05) is 32.1 Å². The zero-order chi connectivity index (χ0) is 18.0. The van der Waals surface area contributed by atoms with Gasteiger partial charge in [0.1, 0.15) is 5.78 Å². The molecule has 0 aliphatic heterocycles. The Bertz CT molecular complexity index is 692. The van der Waals surface area contributed by atoms with Crippen molar-refractivity contribution in [3.8, 4) is 0 Å². The Morgan fingerprint density at radius 3 is 2.68 bits per heavy atom. The highest BCUT2D eigenvalue weighted by atomic mass is 16.4. The summed E-state index contributed by atoms with van der Waals surface area (Å²) in [5.74, 6) is 0.612. The van der Waals surface area contributed by atoms with Crippen LogP contribution in [0.25, 0.3) is 0 Å². The molecule has 0 radical (unpaired) electrons. The molecule has 1 unspecified atom stereocenters. The summed E-state index contributed by atoms with van der Waals surface area (Å²) in [6.07, 6.45) is 10.8. The topological polar surface area (TPSA) is 74.6 Å². The van der Waals surface area contributed by atoms with Crippen LogP contribution in [0.5, 0.6) is 0 Å². The maximum atomic E-state index is 12.5. The number of carboxylic acids is 1. The fourth-order valence-electron chi connectivity index (χ4n) is 6.60. The highest BCUT2D eigenvalue weighted by Crippen LogP contribution is 2.63. The summed E-state index contributed by atoms with van der Waals surface area (Å²) < 4.78 is 0. The molecule has 6 atom stereocenters. The van der Waals surface area contributed by atoms with Crippen molar-refractivity contribution in [3.05, 3.63) is 23.8 Å². The second kappa shape index (κ2) is 5.29. The highest BCUT2D eigenvalue weighted by Gasteiger charge is 2.59. The first kappa shape index (κ1) is 17.0. The molecule has 4 rings (SSSR count). The van der Waals surface area contributed by atoms with E-state index in [0.29, 0.717) is 42.8 Å². The van der Waals surface area contributed by atoms with Gasteiger partial charge in [0.25, 0.3) is 0 Å². The SMILES string of the molecule is C[C@]12CC(O)(CC(=O)O)CC=C1C=C[C@@H]1[C@H]2CC[C@]2(C)C(=O)CC[C@@H]12. The van der Waals surface area contributed by atoms with Crippen LogP contribution in [0, 0.1) is 28.6 Å². The Hall–Kier alpha value is -1.42. The number of carbonyl (C=O) groups excluding carboxylic acids is 1. The first-order valence-corrected chi connectivity index (χ1v) is 9.54. The fraction of sp³-hybridized carbons (Fsp3) is 0.714. The lowest BCUT2D eigenvalue weighted by molar-refractivity contribution is -0.145. The Kier molecular flexibility index (Phi) is 3.60. The smallest absolute Gasteiger partial charge is 0.306 e. The van der Waals surface area contributed by atoms with E-state index in [0.717, 1.165) is 19.3 Å². The lowest BCUT2D eigenvalue weighted by atomic mass is 9.48.